The third-order valence-corrected chi connectivity index (χ3v) is 3.52. The van der Waals surface area contributed by atoms with Crippen molar-refractivity contribution in [1.29, 1.82) is 0 Å². The van der Waals surface area contributed by atoms with E-state index in [1.54, 1.807) is 17.1 Å². The van der Waals surface area contributed by atoms with Crippen LogP contribution in [0.25, 0.3) is 6.08 Å². The number of likely N-dealkylation sites (tertiary alicyclic amines) is 1. The van der Waals surface area contributed by atoms with Gasteiger partial charge in [-0.05, 0) is 30.9 Å². The molecule has 0 bridgehead atoms. The lowest BCUT2D eigenvalue weighted by Gasteiger charge is -2.13. The molecule has 1 aromatic carbocycles. The van der Waals surface area contributed by atoms with Gasteiger partial charge in [0.1, 0.15) is 0 Å². The average molecular weight is 273 g/mol. The third kappa shape index (κ3) is 3.95. The first-order chi connectivity index (χ1) is 9.54. The number of hydrogen-bond acceptors (Lipinski definition) is 2. The van der Waals surface area contributed by atoms with Crippen LogP contribution in [0.5, 0.6) is 0 Å². The number of hydrogen-bond donors (Lipinski definition) is 1. The Labute approximate surface area is 118 Å². The molecule has 1 N–H and O–H groups in total. The minimum absolute atomic E-state index is 0.0422. The summed E-state index contributed by atoms with van der Waals surface area (Å²) in [6.07, 6.45) is 4.29. The van der Waals surface area contributed by atoms with Crippen molar-refractivity contribution in [3.63, 3.8) is 0 Å². The van der Waals surface area contributed by atoms with Gasteiger partial charge in [-0.1, -0.05) is 29.8 Å². The number of nitrogens with zero attached hydrogens (tertiary/aromatic N) is 1. The van der Waals surface area contributed by atoms with Crippen molar-refractivity contribution in [3.8, 4) is 0 Å². The molecule has 0 aromatic heterocycles. The molecule has 0 saturated carbocycles. The molecule has 0 spiro atoms. The summed E-state index contributed by atoms with van der Waals surface area (Å²) >= 11 is 0. The average Bonchev–Trinajstić information content (AvgIpc) is 2.84. The molecule has 0 radical (unpaired) electrons. The molecular weight excluding hydrogens is 254 g/mol. The van der Waals surface area contributed by atoms with Crippen LogP contribution >= 0.6 is 0 Å². The van der Waals surface area contributed by atoms with Crippen LogP contribution in [0.4, 0.5) is 0 Å². The smallest absolute Gasteiger partial charge is 0.303 e. The molecule has 4 heteroatoms. The number of aliphatic carboxylic acids is 1. The number of carbonyl (C=O) groups is 2. The van der Waals surface area contributed by atoms with Crippen molar-refractivity contribution >= 4 is 18.0 Å². The van der Waals surface area contributed by atoms with Crippen molar-refractivity contribution in [1.82, 2.24) is 4.90 Å². The fraction of sp³-hybridized carbons (Fsp3) is 0.375. The van der Waals surface area contributed by atoms with Gasteiger partial charge in [0.25, 0.3) is 0 Å². The predicted octanol–water partition coefficient (Wildman–Crippen LogP) is 2.33. The number of rotatable bonds is 4. The van der Waals surface area contributed by atoms with Gasteiger partial charge < -0.3 is 10.0 Å². The number of carboxylic acid groups (broad SMARTS) is 1. The maximum absolute atomic E-state index is 12.0. The van der Waals surface area contributed by atoms with Gasteiger partial charge in [-0.25, -0.2) is 0 Å². The Morgan fingerprint density at radius 2 is 2.25 bits per heavy atom. The number of aryl methyl sites for hydroxylation is 1. The lowest BCUT2D eigenvalue weighted by molar-refractivity contribution is -0.138. The van der Waals surface area contributed by atoms with E-state index < -0.39 is 5.97 Å². The minimum Gasteiger partial charge on any atom is -0.481 e. The van der Waals surface area contributed by atoms with Crippen LogP contribution in [-0.2, 0) is 9.59 Å². The van der Waals surface area contributed by atoms with Gasteiger partial charge in [0, 0.05) is 25.6 Å². The zero-order chi connectivity index (χ0) is 14.5. The van der Waals surface area contributed by atoms with Crippen molar-refractivity contribution < 1.29 is 14.7 Å². The molecule has 1 saturated heterocycles. The third-order valence-electron chi connectivity index (χ3n) is 3.52. The van der Waals surface area contributed by atoms with Gasteiger partial charge >= 0.3 is 5.97 Å². The van der Waals surface area contributed by atoms with E-state index >= 15 is 0 Å². The largest absolute Gasteiger partial charge is 0.481 e. The van der Waals surface area contributed by atoms with Crippen LogP contribution in [0.3, 0.4) is 0 Å². The van der Waals surface area contributed by atoms with Crippen LogP contribution in [0.2, 0.25) is 0 Å². The van der Waals surface area contributed by atoms with Gasteiger partial charge in [0.05, 0.1) is 0 Å². The molecule has 1 atom stereocenters. The number of benzene rings is 1. The topological polar surface area (TPSA) is 57.6 Å². The first-order valence-electron chi connectivity index (χ1n) is 6.80. The molecule has 1 aliphatic rings. The van der Waals surface area contributed by atoms with Crippen LogP contribution < -0.4 is 0 Å². The number of amides is 1. The van der Waals surface area contributed by atoms with Crippen LogP contribution in [0.1, 0.15) is 24.0 Å². The summed E-state index contributed by atoms with van der Waals surface area (Å²) in [5, 5.41) is 8.76. The highest BCUT2D eigenvalue weighted by molar-refractivity contribution is 5.92. The number of carbonyl (C=O) groups excluding carboxylic acids is 1. The van der Waals surface area contributed by atoms with E-state index in [1.807, 2.05) is 31.2 Å². The van der Waals surface area contributed by atoms with E-state index in [0.717, 1.165) is 17.5 Å². The summed E-state index contributed by atoms with van der Waals surface area (Å²) in [4.78, 5) is 24.4. The van der Waals surface area contributed by atoms with Crippen molar-refractivity contribution in [2.24, 2.45) is 5.92 Å². The highest BCUT2D eigenvalue weighted by Gasteiger charge is 2.26. The first-order valence-corrected chi connectivity index (χ1v) is 6.80. The Morgan fingerprint density at radius 1 is 1.45 bits per heavy atom. The standard InChI is InChI=1S/C16H19NO3/c1-12-3-2-4-13(9-12)5-6-15(18)17-8-7-14(11-17)10-16(19)20/h2-6,9,14H,7-8,10-11H2,1H3,(H,19,20). The molecule has 1 aromatic rings. The lowest BCUT2D eigenvalue weighted by Crippen LogP contribution is -2.27. The maximum Gasteiger partial charge on any atom is 0.303 e. The van der Waals surface area contributed by atoms with E-state index in [0.29, 0.717) is 13.1 Å². The monoisotopic (exact) mass is 273 g/mol. The van der Waals surface area contributed by atoms with Crippen LogP contribution in [-0.4, -0.2) is 35.0 Å². The normalized spacial score (nSPS) is 18.6. The highest BCUT2D eigenvalue weighted by Crippen LogP contribution is 2.20. The summed E-state index contributed by atoms with van der Waals surface area (Å²) < 4.78 is 0. The summed E-state index contributed by atoms with van der Waals surface area (Å²) in [6, 6.07) is 7.93. The van der Waals surface area contributed by atoms with Crippen molar-refractivity contribution in [2.45, 2.75) is 19.8 Å². The summed E-state index contributed by atoms with van der Waals surface area (Å²) in [5.74, 6) is -0.747. The zero-order valence-corrected chi connectivity index (χ0v) is 11.6. The first kappa shape index (κ1) is 14.3. The van der Waals surface area contributed by atoms with Crippen molar-refractivity contribution in [2.75, 3.05) is 13.1 Å². The van der Waals surface area contributed by atoms with E-state index in [9.17, 15) is 9.59 Å². The molecule has 4 nitrogen and oxygen atoms in total. The Balaban J connectivity index is 1.91. The predicted molar refractivity (Wildman–Crippen MR) is 77.2 cm³/mol. The molecule has 1 unspecified atom stereocenters. The molecule has 20 heavy (non-hydrogen) atoms. The Morgan fingerprint density at radius 3 is 2.95 bits per heavy atom. The molecule has 1 aliphatic heterocycles. The van der Waals surface area contributed by atoms with E-state index in [4.69, 9.17) is 5.11 Å². The molecular formula is C16H19NO3. The van der Waals surface area contributed by atoms with Gasteiger partial charge in [-0.2, -0.15) is 0 Å². The molecule has 1 amide bonds. The molecule has 1 fully saturated rings. The Bertz CT molecular complexity index is 536. The van der Waals surface area contributed by atoms with Gasteiger partial charge in [0.2, 0.25) is 5.91 Å². The Hall–Kier alpha value is -2.10. The summed E-state index contributed by atoms with van der Waals surface area (Å²) in [6.45, 7) is 3.20. The van der Waals surface area contributed by atoms with Crippen molar-refractivity contribution in [3.05, 3.63) is 41.5 Å². The molecule has 1 heterocycles. The molecule has 0 aliphatic carbocycles. The van der Waals surface area contributed by atoms with Gasteiger partial charge in [0.15, 0.2) is 0 Å². The fourth-order valence-electron chi connectivity index (χ4n) is 2.49. The van der Waals surface area contributed by atoms with E-state index in [-0.39, 0.29) is 18.2 Å². The summed E-state index contributed by atoms with van der Waals surface area (Å²) in [7, 11) is 0. The fourth-order valence-corrected chi connectivity index (χ4v) is 2.49. The minimum atomic E-state index is -0.792. The van der Waals surface area contributed by atoms with E-state index in [1.165, 1.54) is 0 Å². The lowest BCUT2D eigenvalue weighted by atomic mass is 10.1. The maximum atomic E-state index is 12.0. The van der Waals surface area contributed by atoms with E-state index in [2.05, 4.69) is 0 Å². The second-order valence-corrected chi connectivity index (χ2v) is 5.28. The van der Waals surface area contributed by atoms with Crippen LogP contribution in [0.15, 0.2) is 30.3 Å². The van der Waals surface area contributed by atoms with Gasteiger partial charge in [-0.3, -0.25) is 9.59 Å². The summed E-state index contributed by atoms with van der Waals surface area (Å²) in [5.41, 5.74) is 2.15. The second kappa shape index (κ2) is 6.37. The SMILES string of the molecule is Cc1cccc(C=CC(=O)N2CCC(CC(=O)O)C2)c1. The number of carboxylic acids is 1. The quantitative estimate of drug-likeness (QED) is 0.857. The Kier molecular flexibility index (Phi) is 4.56. The second-order valence-electron chi connectivity index (χ2n) is 5.28. The zero-order valence-electron chi connectivity index (χ0n) is 11.6. The van der Waals surface area contributed by atoms with Gasteiger partial charge in [-0.15, -0.1) is 0 Å². The van der Waals surface area contributed by atoms with Crippen LogP contribution in [0, 0.1) is 12.8 Å². The highest BCUT2D eigenvalue weighted by atomic mass is 16.4. The molecule has 106 valence electrons. The molecule has 2 rings (SSSR count).